The normalized spacial score (nSPS) is 12.2. The number of benzene rings is 1. The van der Waals surface area contributed by atoms with Crippen LogP contribution in [0.15, 0.2) is 18.2 Å². The Labute approximate surface area is 92.6 Å². The highest BCUT2D eigenvalue weighted by Crippen LogP contribution is 2.11. The van der Waals surface area contributed by atoms with Gasteiger partial charge in [-0.1, -0.05) is 13.0 Å². The Hall–Kier alpha value is -1.49. The van der Waals surface area contributed by atoms with Crippen LogP contribution in [0, 0.1) is 17.6 Å². The first kappa shape index (κ1) is 12.6. The molecule has 0 saturated carbocycles. The summed E-state index contributed by atoms with van der Waals surface area (Å²) in [5.74, 6) is -2.41. The van der Waals surface area contributed by atoms with Crippen LogP contribution in [0.3, 0.4) is 0 Å². The molecule has 16 heavy (non-hydrogen) atoms. The predicted molar refractivity (Wildman–Crippen MR) is 56.9 cm³/mol. The van der Waals surface area contributed by atoms with Gasteiger partial charge in [0.15, 0.2) is 0 Å². The molecule has 1 rings (SSSR count). The number of amides is 1. The van der Waals surface area contributed by atoms with Crippen molar-refractivity contribution in [2.45, 2.75) is 6.92 Å². The maximum absolute atomic E-state index is 13.2. The first-order valence-corrected chi connectivity index (χ1v) is 4.98. The number of hydrogen-bond donors (Lipinski definition) is 2. The van der Waals surface area contributed by atoms with Gasteiger partial charge in [0.05, 0.1) is 0 Å². The van der Waals surface area contributed by atoms with Crippen molar-refractivity contribution in [1.82, 2.24) is 5.32 Å². The van der Waals surface area contributed by atoms with Crippen LogP contribution < -0.4 is 11.1 Å². The minimum atomic E-state index is -0.863. The van der Waals surface area contributed by atoms with Gasteiger partial charge >= 0.3 is 0 Å². The second kappa shape index (κ2) is 5.55. The van der Waals surface area contributed by atoms with Crippen molar-refractivity contribution >= 4 is 5.91 Å². The molecule has 0 aliphatic heterocycles. The lowest BCUT2D eigenvalue weighted by Gasteiger charge is -2.10. The molecule has 5 heteroatoms. The average molecular weight is 228 g/mol. The number of rotatable bonds is 4. The van der Waals surface area contributed by atoms with E-state index in [1.807, 2.05) is 6.92 Å². The van der Waals surface area contributed by atoms with Gasteiger partial charge in [-0.25, -0.2) is 8.78 Å². The molecule has 88 valence electrons. The molecule has 1 aromatic rings. The zero-order valence-corrected chi connectivity index (χ0v) is 8.97. The van der Waals surface area contributed by atoms with Crippen LogP contribution in [0.4, 0.5) is 8.78 Å². The molecule has 0 bridgehead atoms. The van der Waals surface area contributed by atoms with Gasteiger partial charge in [0.25, 0.3) is 5.91 Å². The van der Waals surface area contributed by atoms with E-state index < -0.39 is 23.1 Å². The fourth-order valence-corrected chi connectivity index (χ4v) is 1.15. The fraction of sp³-hybridized carbons (Fsp3) is 0.364. The number of hydrogen-bond acceptors (Lipinski definition) is 2. The van der Waals surface area contributed by atoms with Crippen molar-refractivity contribution in [3.05, 3.63) is 35.4 Å². The van der Waals surface area contributed by atoms with E-state index in [1.54, 1.807) is 0 Å². The molecule has 1 atom stereocenters. The zero-order chi connectivity index (χ0) is 12.1. The van der Waals surface area contributed by atoms with E-state index in [0.717, 1.165) is 12.1 Å². The van der Waals surface area contributed by atoms with Crippen LogP contribution in [0.2, 0.25) is 0 Å². The van der Waals surface area contributed by atoms with Gasteiger partial charge in [-0.05, 0) is 24.6 Å². The summed E-state index contributed by atoms with van der Waals surface area (Å²) in [6.45, 7) is 2.53. The van der Waals surface area contributed by atoms with Crippen LogP contribution in [-0.2, 0) is 0 Å². The van der Waals surface area contributed by atoms with Crippen LogP contribution in [0.5, 0.6) is 0 Å². The zero-order valence-electron chi connectivity index (χ0n) is 8.97. The molecule has 3 nitrogen and oxygen atoms in total. The molecule has 0 radical (unpaired) electrons. The van der Waals surface area contributed by atoms with Crippen molar-refractivity contribution in [3.8, 4) is 0 Å². The van der Waals surface area contributed by atoms with E-state index in [1.165, 1.54) is 6.07 Å². The molecule has 0 aliphatic carbocycles. The maximum atomic E-state index is 13.2. The Morgan fingerprint density at radius 2 is 2.00 bits per heavy atom. The topological polar surface area (TPSA) is 55.1 Å². The number of nitrogens with one attached hydrogen (secondary N) is 1. The summed E-state index contributed by atoms with van der Waals surface area (Å²) in [4.78, 5) is 11.5. The van der Waals surface area contributed by atoms with E-state index in [2.05, 4.69) is 5.32 Å². The Morgan fingerprint density at radius 1 is 1.44 bits per heavy atom. The highest BCUT2D eigenvalue weighted by molar-refractivity contribution is 5.94. The lowest BCUT2D eigenvalue weighted by molar-refractivity contribution is 0.0940. The molecular formula is C11H14F2N2O. The minimum absolute atomic E-state index is 0.0683. The second-order valence-corrected chi connectivity index (χ2v) is 3.65. The molecule has 0 aromatic heterocycles. The molecule has 0 fully saturated rings. The highest BCUT2D eigenvalue weighted by Gasteiger charge is 2.16. The first-order valence-electron chi connectivity index (χ1n) is 4.98. The number of halogens is 2. The standard InChI is InChI=1S/C11H14F2N2O/c1-7(5-14)6-15-11(16)10-8(12)3-2-4-9(10)13/h2-4,7H,5-6,14H2,1H3,(H,15,16). The predicted octanol–water partition coefficient (Wildman–Crippen LogP) is 1.29. The fourth-order valence-electron chi connectivity index (χ4n) is 1.15. The number of carbonyl (C=O) groups is 1. The molecule has 0 saturated heterocycles. The summed E-state index contributed by atoms with van der Waals surface area (Å²) in [6, 6.07) is 3.30. The van der Waals surface area contributed by atoms with Crippen LogP contribution in [0.25, 0.3) is 0 Å². The molecule has 3 N–H and O–H groups in total. The maximum Gasteiger partial charge on any atom is 0.257 e. The molecular weight excluding hydrogens is 214 g/mol. The smallest absolute Gasteiger partial charge is 0.257 e. The average Bonchev–Trinajstić information content (AvgIpc) is 2.25. The lowest BCUT2D eigenvalue weighted by Crippen LogP contribution is -2.32. The number of carbonyl (C=O) groups excluding carboxylic acids is 1. The van der Waals surface area contributed by atoms with Crippen LogP contribution in [-0.4, -0.2) is 19.0 Å². The second-order valence-electron chi connectivity index (χ2n) is 3.65. The lowest BCUT2D eigenvalue weighted by atomic mass is 10.1. The summed E-state index contributed by atoms with van der Waals surface area (Å²) in [5.41, 5.74) is 4.81. The van der Waals surface area contributed by atoms with Crippen molar-refractivity contribution in [2.75, 3.05) is 13.1 Å². The molecule has 1 unspecified atom stereocenters. The summed E-state index contributed by atoms with van der Waals surface area (Å²) < 4.78 is 26.4. The van der Waals surface area contributed by atoms with E-state index >= 15 is 0 Å². The summed E-state index contributed by atoms with van der Waals surface area (Å²) >= 11 is 0. The summed E-state index contributed by atoms with van der Waals surface area (Å²) in [5, 5.41) is 2.43. The van der Waals surface area contributed by atoms with Crippen molar-refractivity contribution in [1.29, 1.82) is 0 Å². The Morgan fingerprint density at radius 3 is 2.50 bits per heavy atom. The van der Waals surface area contributed by atoms with Gasteiger partial charge in [0, 0.05) is 6.54 Å². The SMILES string of the molecule is CC(CN)CNC(=O)c1c(F)cccc1F. The Kier molecular flexibility index (Phi) is 4.37. The molecule has 1 aromatic carbocycles. The summed E-state index contributed by atoms with van der Waals surface area (Å²) in [7, 11) is 0. The van der Waals surface area contributed by atoms with Crippen molar-refractivity contribution in [3.63, 3.8) is 0 Å². The Balaban J connectivity index is 2.73. The van der Waals surface area contributed by atoms with Gasteiger partial charge in [0.2, 0.25) is 0 Å². The molecule has 0 aliphatic rings. The van der Waals surface area contributed by atoms with Gasteiger partial charge in [-0.15, -0.1) is 0 Å². The monoisotopic (exact) mass is 228 g/mol. The van der Waals surface area contributed by atoms with Crippen molar-refractivity contribution in [2.24, 2.45) is 11.7 Å². The van der Waals surface area contributed by atoms with E-state index in [-0.39, 0.29) is 5.92 Å². The largest absolute Gasteiger partial charge is 0.352 e. The first-order chi connectivity index (χ1) is 7.56. The third kappa shape index (κ3) is 3.00. The summed E-state index contributed by atoms with van der Waals surface area (Å²) in [6.07, 6.45) is 0. The number of nitrogens with two attached hydrogens (primary N) is 1. The Bertz CT molecular complexity index is 362. The third-order valence-corrected chi connectivity index (χ3v) is 2.20. The molecule has 1 amide bonds. The van der Waals surface area contributed by atoms with Crippen LogP contribution >= 0.6 is 0 Å². The third-order valence-electron chi connectivity index (χ3n) is 2.20. The van der Waals surface area contributed by atoms with Gasteiger partial charge < -0.3 is 11.1 Å². The van der Waals surface area contributed by atoms with Gasteiger partial charge in [0.1, 0.15) is 17.2 Å². The minimum Gasteiger partial charge on any atom is -0.352 e. The van der Waals surface area contributed by atoms with Crippen molar-refractivity contribution < 1.29 is 13.6 Å². The van der Waals surface area contributed by atoms with E-state index in [0.29, 0.717) is 13.1 Å². The molecule has 0 spiro atoms. The molecule has 0 heterocycles. The van der Waals surface area contributed by atoms with E-state index in [9.17, 15) is 13.6 Å². The quantitative estimate of drug-likeness (QED) is 0.815. The van der Waals surface area contributed by atoms with Gasteiger partial charge in [-0.2, -0.15) is 0 Å². The van der Waals surface area contributed by atoms with Gasteiger partial charge in [-0.3, -0.25) is 4.79 Å². The highest BCUT2D eigenvalue weighted by atomic mass is 19.1. The van der Waals surface area contributed by atoms with E-state index in [4.69, 9.17) is 5.73 Å². The van der Waals surface area contributed by atoms with Crippen LogP contribution in [0.1, 0.15) is 17.3 Å².